The van der Waals surface area contributed by atoms with Gasteiger partial charge in [-0.2, -0.15) is 0 Å². The smallest absolute Gasteiger partial charge is 0.282 e. The lowest BCUT2D eigenvalue weighted by molar-refractivity contribution is -0.117. The molecule has 1 fully saturated rings. The third-order valence-electron chi connectivity index (χ3n) is 3.56. The Balaban J connectivity index is 1.93. The summed E-state index contributed by atoms with van der Waals surface area (Å²) in [4.78, 5) is 24.7. The SMILES string of the molecule is COc1cccc(C=C2C(=O)NN(c3cccc(C)c3)C2=O)c1. The summed E-state index contributed by atoms with van der Waals surface area (Å²) in [7, 11) is 1.57. The number of amides is 2. The highest BCUT2D eigenvalue weighted by atomic mass is 16.5. The highest BCUT2D eigenvalue weighted by Crippen LogP contribution is 2.23. The van der Waals surface area contributed by atoms with E-state index in [4.69, 9.17) is 4.74 Å². The molecule has 0 aromatic heterocycles. The molecule has 3 rings (SSSR count). The largest absolute Gasteiger partial charge is 0.497 e. The van der Waals surface area contributed by atoms with Crippen molar-refractivity contribution in [1.29, 1.82) is 0 Å². The number of hydrogen-bond donors (Lipinski definition) is 1. The minimum absolute atomic E-state index is 0.0970. The van der Waals surface area contributed by atoms with E-state index in [1.54, 1.807) is 37.5 Å². The standard InChI is InChI=1S/C18H16N2O3/c1-12-5-3-7-14(9-12)20-18(22)16(17(21)19-20)11-13-6-4-8-15(10-13)23-2/h3-11H,1-2H3,(H,19,21). The number of nitrogens with one attached hydrogen (secondary N) is 1. The minimum Gasteiger partial charge on any atom is -0.497 e. The molecule has 1 N–H and O–H groups in total. The number of hydrazine groups is 1. The monoisotopic (exact) mass is 308 g/mol. The van der Waals surface area contributed by atoms with E-state index in [2.05, 4.69) is 5.43 Å². The molecule has 1 aliphatic heterocycles. The van der Waals surface area contributed by atoms with Gasteiger partial charge in [0.1, 0.15) is 11.3 Å². The Bertz CT molecular complexity index is 811. The molecular formula is C18H16N2O3. The number of ether oxygens (including phenoxy) is 1. The fourth-order valence-electron chi connectivity index (χ4n) is 2.40. The normalized spacial score (nSPS) is 15.9. The highest BCUT2D eigenvalue weighted by Gasteiger charge is 2.34. The van der Waals surface area contributed by atoms with Gasteiger partial charge in [0.25, 0.3) is 11.8 Å². The van der Waals surface area contributed by atoms with Crippen LogP contribution in [-0.4, -0.2) is 18.9 Å². The van der Waals surface area contributed by atoms with Crippen molar-refractivity contribution in [2.45, 2.75) is 6.92 Å². The molecular weight excluding hydrogens is 292 g/mol. The maximum Gasteiger partial charge on any atom is 0.282 e. The third kappa shape index (κ3) is 2.94. The maximum absolute atomic E-state index is 12.5. The topological polar surface area (TPSA) is 58.6 Å². The number of aryl methyl sites for hydroxylation is 1. The van der Waals surface area contributed by atoms with Crippen molar-refractivity contribution in [3.63, 3.8) is 0 Å². The van der Waals surface area contributed by atoms with E-state index in [-0.39, 0.29) is 11.5 Å². The molecule has 0 unspecified atom stereocenters. The van der Waals surface area contributed by atoms with E-state index in [9.17, 15) is 9.59 Å². The van der Waals surface area contributed by atoms with Crippen molar-refractivity contribution in [2.75, 3.05) is 12.1 Å². The fourth-order valence-corrected chi connectivity index (χ4v) is 2.40. The number of hydrogen-bond acceptors (Lipinski definition) is 3. The van der Waals surface area contributed by atoms with Crippen molar-refractivity contribution in [1.82, 2.24) is 5.43 Å². The molecule has 2 amide bonds. The van der Waals surface area contributed by atoms with Crippen LogP contribution < -0.4 is 15.2 Å². The molecule has 1 aliphatic rings. The van der Waals surface area contributed by atoms with E-state index in [1.165, 1.54) is 5.01 Å². The first-order chi connectivity index (χ1) is 11.1. The number of carbonyl (C=O) groups is 2. The van der Waals surface area contributed by atoms with Crippen LogP contribution in [-0.2, 0) is 9.59 Å². The van der Waals surface area contributed by atoms with Gasteiger partial charge in [-0.15, -0.1) is 0 Å². The second kappa shape index (κ2) is 5.96. The van der Waals surface area contributed by atoms with Crippen LogP contribution in [0.15, 0.2) is 54.1 Å². The van der Waals surface area contributed by atoms with Crippen LogP contribution in [0.5, 0.6) is 5.75 Å². The maximum atomic E-state index is 12.5. The Morgan fingerprint density at radius 3 is 2.61 bits per heavy atom. The molecule has 0 atom stereocenters. The zero-order valence-corrected chi connectivity index (χ0v) is 12.9. The van der Waals surface area contributed by atoms with Gasteiger partial charge in [-0.05, 0) is 48.4 Å². The molecule has 0 aliphatic carbocycles. The molecule has 0 saturated carbocycles. The van der Waals surface area contributed by atoms with Crippen LogP contribution in [0.4, 0.5) is 5.69 Å². The molecule has 0 radical (unpaired) electrons. The second-order valence-corrected chi connectivity index (χ2v) is 5.26. The quantitative estimate of drug-likeness (QED) is 0.700. The third-order valence-corrected chi connectivity index (χ3v) is 3.56. The number of rotatable bonds is 3. The summed E-state index contributed by atoms with van der Waals surface area (Å²) in [5.41, 5.74) is 5.06. The summed E-state index contributed by atoms with van der Waals surface area (Å²) in [6, 6.07) is 14.6. The lowest BCUT2D eigenvalue weighted by atomic mass is 10.1. The molecule has 2 aromatic carbocycles. The average Bonchev–Trinajstić information content (AvgIpc) is 2.83. The highest BCUT2D eigenvalue weighted by molar-refractivity contribution is 6.31. The van der Waals surface area contributed by atoms with Gasteiger partial charge < -0.3 is 4.74 Å². The fraction of sp³-hybridized carbons (Fsp3) is 0.111. The summed E-state index contributed by atoms with van der Waals surface area (Å²) in [6.45, 7) is 1.93. The van der Waals surface area contributed by atoms with Gasteiger partial charge in [-0.3, -0.25) is 15.0 Å². The van der Waals surface area contributed by atoms with E-state index >= 15 is 0 Å². The van der Waals surface area contributed by atoms with E-state index in [1.807, 2.05) is 31.2 Å². The van der Waals surface area contributed by atoms with Gasteiger partial charge in [0.05, 0.1) is 12.8 Å². The number of benzene rings is 2. The number of nitrogens with zero attached hydrogens (tertiary/aromatic N) is 1. The molecule has 2 aromatic rings. The van der Waals surface area contributed by atoms with E-state index in [0.29, 0.717) is 11.4 Å². The first-order valence-corrected chi connectivity index (χ1v) is 7.16. The molecule has 0 spiro atoms. The van der Waals surface area contributed by atoms with Gasteiger partial charge >= 0.3 is 0 Å². The summed E-state index contributed by atoms with van der Waals surface area (Å²) in [6.07, 6.45) is 1.57. The Kier molecular flexibility index (Phi) is 3.85. The Morgan fingerprint density at radius 1 is 1.09 bits per heavy atom. The van der Waals surface area contributed by atoms with Crippen molar-refractivity contribution in [3.8, 4) is 5.75 Å². The Hall–Kier alpha value is -3.08. The number of carbonyl (C=O) groups excluding carboxylic acids is 2. The van der Waals surface area contributed by atoms with Crippen LogP contribution >= 0.6 is 0 Å². The number of methoxy groups -OCH3 is 1. The van der Waals surface area contributed by atoms with E-state index < -0.39 is 5.91 Å². The van der Waals surface area contributed by atoms with Gasteiger partial charge in [0.2, 0.25) is 0 Å². The average molecular weight is 308 g/mol. The van der Waals surface area contributed by atoms with Crippen LogP contribution in [0.1, 0.15) is 11.1 Å². The van der Waals surface area contributed by atoms with Crippen LogP contribution in [0.2, 0.25) is 0 Å². The molecule has 116 valence electrons. The summed E-state index contributed by atoms with van der Waals surface area (Å²) in [5, 5.41) is 1.27. The van der Waals surface area contributed by atoms with Crippen molar-refractivity contribution >= 4 is 23.6 Å². The predicted octanol–water partition coefficient (Wildman–Crippen LogP) is 2.47. The lowest BCUT2D eigenvalue weighted by Gasteiger charge is -2.14. The van der Waals surface area contributed by atoms with Crippen molar-refractivity contribution in [3.05, 3.63) is 65.2 Å². The molecule has 1 heterocycles. The lowest BCUT2D eigenvalue weighted by Crippen LogP contribution is -2.35. The van der Waals surface area contributed by atoms with Gasteiger partial charge in [0.15, 0.2) is 0 Å². The van der Waals surface area contributed by atoms with Crippen LogP contribution in [0.3, 0.4) is 0 Å². The second-order valence-electron chi connectivity index (χ2n) is 5.26. The molecule has 5 heteroatoms. The Morgan fingerprint density at radius 2 is 1.87 bits per heavy atom. The molecule has 23 heavy (non-hydrogen) atoms. The van der Waals surface area contributed by atoms with Crippen LogP contribution in [0.25, 0.3) is 6.08 Å². The molecule has 1 saturated heterocycles. The summed E-state index contributed by atoms with van der Waals surface area (Å²) < 4.78 is 5.15. The van der Waals surface area contributed by atoms with Gasteiger partial charge in [0, 0.05) is 0 Å². The number of anilines is 1. The Labute approximate surface area is 134 Å². The summed E-state index contributed by atoms with van der Waals surface area (Å²) >= 11 is 0. The molecule has 0 bridgehead atoms. The van der Waals surface area contributed by atoms with Crippen molar-refractivity contribution < 1.29 is 14.3 Å². The van der Waals surface area contributed by atoms with Gasteiger partial charge in [-0.1, -0.05) is 24.3 Å². The zero-order chi connectivity index (χ0) is 16.4. The minimum atomic E-state index is -0.417. The van der Waals surface area contributed by atoms with Gasteiger partial charge in [-0.25, -0.2) is 5.01 Å². The first-order valence-electron chi connectivity index (χ1n) is 7.16. The predicted molar refractivity (Wildman–Crippen MR) is 87.8 cm³/mol. The first kappa shape index (κ1) is 14.8. The summed E-state index contributed by atoms with van der Waals surface area (Å²) in [5.74, 6) is -0.122. The molecule has 5 nitrogen and oxygen atoms in total. The van der Waals surface area contributed by atoms with E-state index in [0.717, 1.165) is 11.1 Å². The zero-order valence-electron chi connectivity index (χ0n) is 12.9. The van der Waals surface area contributed by atoms with Crippen molar-refractivity contribution in [2.24, 2.45) is 0 Å². The van der Waals surface area contributed by atoms with Crippen LogP contribution in [0, 0.1) is 6.92 Å².